The van der Waals surface area contributed by atoms with E-state index in [0.29, 0.717) is 16.5 Å². The minimum Gasteiger partial charge on any atom is -0.495 e. The summed E-state index contributed by atoms with van der Waals surface area (Å²) >= 11 is 6.02. The molecule has 7 heteroatoms. The van der Waals surface area contributed by atoms with Gasteiger partial charge in [0.15, 0.2) is 6.61 Å². The van der Waals surface area contributed by atoms with E-state index in [1.165, 1.54) is 13.2 Å². The van der Waals surface area contributed by atoms with Crippen molar-refractivity contribution < 1.29 is 24.2 Å². The average molecular weight is 386 g/mol. The molecule has 0 bridgehead atoms. The second-order valence-corrected chi connectivity index (χ2v) is 6.09. The van der Waals surface area contributed by atoms with Crippen molar-refractivity contribution in [2.45, 2.75) is 0 Å². The molecule has 3 aromatic carbocycles. The van der Waals surface area contributed by atoms with Crippen LogP contribution in [0.25, 0.3) is 10.8 Å². The molecule has 6 nitrogen and oxygen atoms in total. The number of carboxylic acids is 1. The Hall–Kier alpha value is -3.25. The van der Waals surface area contributed by atoms with Crippen LogP contribution < -0.4 is 14.8 Å². The van der Waals surface area contributed by atoms with Gasteiger partial charge in [-0.2, -0.15) is 0 Å². The summed E-state index contributed by atoms with van der Waals surface area (Å²) in [5, 5.41) is 14.0. The number of hydrogen-bond acceptors (Lipinski definition) is 4. The molecule has 0 radical (unpaired) electrons. The zero-order valence-electron chi connectivity index (χ0n) is 14.4. The SMILES string of the molecule is COc1ccc(NC(=O)COc2cc3ccccc3cc2C(=O)O)cc1Cl. The Morgan fingerprint density at radius 3 is 2.37 bits per heavy atom. The molecule has 0 fully saturated rings. The highest BCUT2D eigenvalue weighted by atomic mass is 35.5. The van der Waals surface area contributed by atoms with Gasteiger partial charge in [0.05, 0.1) is 12.1 Å². The van der Waals surface area contributed by atoms with Crippen molar-refractivity contribution >= 4 is 39.9 Å². The number of benzene rings is 3. The van der Waals surface area contributed by atoms with Crippen LogP contribution in [0, 0.1) is 0 Å². The molecule has 1 amide bonds. The number of ether oxygens (including phenoxy) is 2. The summed E-state index contributed by atoms with van der Waals surface area (Å²) in [6.07, 6.45) is 0. The highest BCUT2D eigenvalue weighted by Crippen LogP contribution is 2.28. The number of hydrogen-bond donors (Lipinski definition) is 2. The van der Waals surface area contributed by atoms with Gasteiger partial charge in [-0.1, -0.05) is 35.9 Å². The molecular formula is C20H16ClNO5. The molecule has 0 heterocycles. The standard InChI is InChI=1S/C20H16ClNO5/c1-26-17-7-6-14(10-16(17)21)22-19(23)11-27-18-9-13-5-3-2-4-12(13)8-15(18)20(24)25/h2-10H,11H2,1H3,(H,22,23)(H,24,25). The average Bonchev–Trinajstić information content (AvgIpc) is 2.65. The highest BCUT2D eigenvalue weighted by molar-refractivity contribution is 6.32. The van der Waals surface area contributed by atoms with Crippen LogP contribution in [-0.2, 0) is 4.79 Å². The minimum atomic E-state index is -1.13. The van der Waals surface area contributed by atoms with Gasteiger partial charge >= 0.3 is 5.97 Å². The molecule has 0 saturated heterocycles. The monoisotopic (exact) mass is 385 g/mol. The number of carbonyl (C=O) groups is 2. The van der Waals surface area contributed by atoms with Crippen molar-refractivity contribution in [2.75, 3.05) is 19.0 Å². The van der Waals surface area contributed by atoms with Gasteiger partial charge in [-0.25, -0.2) is 4.79 Å². The van der Waals surface area contributed by atoms with Crippen molar-refractivity contribution in [3.05, 3.63) is 65.2 Å². The first-order valence-electron chi connectivity index (χ1n) is 8.00. The minimum absolute atomic E-state index is 0.00556. The lowest BCUT2D eigenvalue weighted by Crippen LogP contribution is -2.21. The molecule has 0 atom stereocenters. The quantitative estimate of drug-likeness (QED) is 0.663. The molecule has 3 aromatic rings. The smallest absolute Gasteiger partial charge is 0.339 e. The predicted octanol–water partition coefficient (Wildman–Crippen LogP) is 4.22. The second-order valence-electron chi connectivity index (χ2n) is 5.69. The maximum absolute atomic E-state index is 12.1. The topological polar surface area (TPSA) is 84.9 Å². The van der Waals surface area contributed by atoms with Crippen molar-refractivity contribution in [1.82, 2.24) is 0 Å². The van der Waals surface area contributed by atoms with Gasteiger partial charge in [0.2, 0.25) is 0 Å². The molecule has 2 N–H and O–H groups in total. The summed E-state index contributed by atoms with van der Waals surface area (Å²) in [6.45, 7) is -0.345. The lowest BCUT2D eigenvalue weighted by Gasteiger charge is -2.12. The zero-order valence-corrected chi connectivity index (χ0v) is 15.1. The Kier molecular flexibility index (Phi) is 5.47. The number of fused-ring (bicyclic) bond motifs is 1. The Bertz CT molecular complexity index is 1020. The van der Waals surface area contributed by atoms with Gasteiger partial charge in [-0.15, -0.1) is 0 Å². The lowest BCUT2D eigenvalue weighted by molar-refractivity contribution is -0.118. The molecule has 0 aliphatic heterocycles. The largest absolute Gasteiger partial charge is 0.495 e. The van der Waals surface area contributed by atoms with Crippen LogP contribution in [0.2, 0.25) is 5.02 Å². The van der Waals surface area contributed by atoms with Crippen LogP contribution >= 0.6 is 11.6 Å². The van der Waals surface area contributed by atoms with Gasteiger partial charge in [-0.05, 0) is 41.1 Å². The number of aromatic carboxylic acids is 1. The van der Waals surface area contributed by atoms with E-state index in [4.69, 9.17) is 21.1 Å². The molecule has 0 aliphatic rings. The van der Waals surface area contributed by atoms with Crippen molar-refractivity contribution in [3.8, 4) is 11.5 Å². The summed E-state index contributed by atoms with van der Waals surface area (Å²) < 4.78 is 10.5. The normalized spacial score (nSPS) is 10.4. The summed E-state index contributed by atoms with van der Waals surface area (Å²) in [6, 6.07) is 15.3. The van der Waals surface area contributed by atoms with E-state index in [-0.39, 0.29) is 17.9 Å². The fourth-order valence-corrected chi connectivity index (χ4v) is 2.85. The Labute approximate surface area is 160 Å². The van der Waals surface area contributed by atoms with Gasteiger partial charge in [-0.3, -0.25) is 4.79 Å². The van der Waals surface area contributed by atoms with Crippen molar-refractivity contribution in [2.24, 2.45) is 0 Å². The molecule has 3 rings (SSSR count). The zero-order chi connectivity index (χ0) is 19.4. The highest BCUT2D eigenvalue weighted by Gasteiger charge is 2.14. The fraction of sp³-hybridized carbons (Fsp3) is 0.100. The maximum Gasteiger partial charge on any atom is 0.339 e. The number of anilines is 1. The molecule has 138 valence electrons. The van der Waals surface area contributed by atoms with E-state index in [2.05, 4.69) is 5.32 Å². The molecule has 0 aliphatic carbocycles. The molecule has 0 spiro atoms. The van der Waals surface area contributed by atoms with Gasteiger partial charge in [0.1, 0.15) is 17.1 Å². The summed E-state index contributed by atoms with van der Waals surface area (Å²) in [7, 11) is 1.50. The third-order valence-corrected chi connectivity index (χ3v) is 4.17. The Morgan fingerprint density at radius 1 is 1.04 bits per heavy atom. The first-order chi connectivity index (χ1) is 13.0. The number of carbonyl (C=O) groups excluding carboxylic acids is 1. The van der Waals surface area contributed by atoms with Crippen LogP contribution in [-0.4, -0.2) is 30.7 Å². The molecule has 0 saturated carbocycles. The summed E-state index contributed by atoms with van der Waals surface area (Å²) in [4.78, 5) is 23.6. The Morgan fingerprint density at radius 2 is 1.74 bits per heavy atom. The fourth-order valence-electron chi connectivity index (χ4n) is 2.59. The number of rotatable bonds is 6. The first-order valence-corrected chi connectivity index (χ1v) is 8.38. The number of halogens is 1. The van der Waals surface area contributed by atoms with Gasteiger partial charge < -0.3 is 19.9 Å². The van der Waals surface area contributed by atoms with E-state index in [9.17, 15) is 14.7 Å². The van der Waals surface area contributed by atoms with Crippen LogP contribution in [0.4, 0.5) is 5.69 Å². The number of methoxy groups -OCH3 is 1. The van der Waals surface area contributed by atoms with Crippen LogP contribution in [0.1, 0.15) is 10.4 Å². The molecule has 27 heavy (non-hydrogen) atoms. The van der Waals surface area contributed by atoms with Gasteiger partial charge in [0.25, 0.3) is 5.91 Å². The molecule has 0 unspecified atom stereocenters. The maximum atomic E-state index is 12.1. The lowest BCUT2D eigenvalue weighted by atomic mass is 10.1. The van der Waals surface area contributed by atoms with Crippen LogP contribution in [0.5, 0.6) is 11.5 Å². The van der Waals surface area contributed by atoms with Crippen LogP contribution in [0.15, 0.2) is 54.6 Å². The third-order valence-electron chi connectivity index (χ3n) is 3.87. The number of amides is 1. The van der Waals surface area contributed by atoms with E-state index >= 15 is 0 Å². The number of nitrogens with one attached hydrogen (secondary N) is 1. The number of carboxylic acid groups (broad SMARTS) is 1. The third kappa shape index (κ3) is 4.30. The summed E-state index contributed by atoms with van der Waals surface area (Å²) in [5.74, 6) is -0.948. The second kappa shape index (κ2) is 7.97. The molecular weight excluding hydrogens is 370 g/mol. The van der Waals surface area contributed by atoms with E-state index in [1.54, 1.807) is 24.3 Å². The summed E-state index contributed by atoms with van der Waals surface area (Å²) in [5.41, 5.74) is 0.473. The van der Waals surface area contributed by atoms with Crippen LogP contribution in [0.3, 0.4) is 0 Å². The van der Waals surface area contributed by atoms with Crippen molar-refractivity contribution in [1.29, 1.82) is 0 Å². The predicted molar refractivity (Wildman–Crippen MR) is 103 cm³/mol. The first kappa shape index (κ1) is 18.5. The van der Waals surface area contributed by atoms with E-state index in [1.807, 2.05) is 24.3 Å². The van der Waals surface area contributed by atoms with E-state index < -0.39 is 11.9 Å². The molecule has 0 aromatic heterocycles. The Balaban J connectivity index is 1.74. The van der Waals surface area contributed by atoms with Crippen molar-refractivity contribution in [3.63, 3.8) is 0 Å². The van der Waals surface area contributed by atoms with Gasteiger partial charge in [0, 0.05) is 5.69 Å². The van der Waals surface area contributed by atoms with E-state index in [0.717, 1.165) is 10.8 Å².